The van der Waals surface area contributed by atoms with E-state index in [9.17, 15) is 4.79 Å². The summed E-state index contributed by atoms with van der Waals surface area (Å²) in [7, 11) is 0. The summed E-state index contributed by atoms with van der Waals surface area (Å²) < 4.78 is 5.27. The van der Waals surface area contributed by atoms with Gasteiger partial charge in [-0.15, -0.1) is 0 Å². The van der Waals surface area contributed by atoms with E-state index in [2.05, 4.69) is 24.1 Å². The van der Waals surface area contributed by atoms with Crippen molar-refractivity contribution in [1.82, 2.24) is 15.1 Å². The van der Waals surface area contributed by atoms with Gasteiger partial charge in [-0.3, -0.25) is 4.90 Å². The van der Waals surface area contributed by atoms with Gasteiger partial charge in [0.1, 0.15) is 0 Å². The summed E-state index contributed by atoms with van der Waals surface area (Å²) in [4.78, 5) is 16.4. The predicted octanol–water partition coefficient (Wildman–Crippen LogP) is 0.901. The van der Waals surface area contributed by atoms with E-state index in [1.165, 1.54) is 6.42 Å². The Morgan fingerprint density at radius 2 is 2.11 bits per heavy atom. The minimum absolute atomic E-state index is 0.0781. The van der Waals surface area contributed by atoms with Crippen LogP contribution >= 0.6 is 0 Å². The lowest BCUT2D eigenvalue weighted by molar-refractivity contribution is 0.110. The Bertz CT molecular complexity index is 271. The number of amides is 2. The second kappa shape index (κ2) is 6.38. The second-order valence-corrected chi connectivity index (χ2v) is 5.29. The van der Waals surface area contributed by atoms with Crippen LogP contribution in [-0.4, -0.2) is 67.3 Å². The first kappa shape index (κ1) is 13.6. The van der Waals surface area contributed by atoms with Crippen LogP contribution in [0.3, 0.4) is 0 Å². The minimum Gasteiger partial charge on any atom is -0.379 e. The summed E-state index contributed by atoms with van der Waals surface area (Å²) in [6.07, 6.45) is 2.12. The quantitative estimate of drug-likeness (QED) is 0.815. The van der Waals surface area contributed by atoms with Crippen molar-refractivity contribution in [2.24, 2.45) is 0 Å². The lowest BCUT2D eigenvalue weighted by Gasteiger charge is -2.38. The zero-order valence-electron chi connectivity index (χ0n) is 11.5. The number of ether oxygens (including phenoxy) is 1. The van der Waals surface area contributed by atoms with Crippen molar-refractivity contribution in [3.05, 3.63) is 0 Å². The highest BCUT2D eigenvalue weighted by Gasteiger charge is 2.25. The molecule has 0 saturated carbocycles. The van der Waals surface area contributed by atoms with Gasteiger partial charge in [-0.05, 0) is 19.8 Å². The van der Waals surface area contributed by atoms with E-state index in [1.807, 2.05) is 4.90 Å². The maximum absolute atomic E-state index is 12.0. The normalized spacial score (nSPS) is 27.2. The molecule has 2 fully saturated rings. The average molecular weight is 255 g/mol. The van der Waals surface area contributed by atoms with E-state index in [4.69, 9.17) is 4.74 Å². The molecule has 0 aromatic carbocycles. The van der Waals surface area contributed by atoms with Gasteiger partial charge in [0.05, 0.1) is 12.6 Å². The molecule has 5 heteroatoms. The van der Waals surface area contributed by atoms with Gasteiger partial charge in [-0.2, -0.15) is 0 Å². The zero-order chi connectivity index (χ0) is 13.0. The van der Waals surface area contributed by atoms with E-state index >= 15 is 0 Å². The summed E-state index contributed by atoms with van der Waals surface area (Å²) in [5, 5.41) is 3.05. The van der Waals surface area contributed by atoms with E-state index in [0.717, 1.165) is 39.2 Å². The average Bonchev–Trinajstić information content (AvgIpc) is 2.91. The first-order valence-electron chi connectivity index (χ1n) is 7.08. The molecule has 2 saturated heterocycles. The third-order valence-electron chi connectivity index (χ3n) is 4.07. The molecular formula is C13H25N3O2. The van der Waals surface area contributed by atoms with E-state index in [0.29, 0.717) is 12.6 Å². The number of hydrogen-bond donors (Lipinski definition) is 1. The minimum atomic E-state index is 0.0781. The summed E-state index contributed by atoms with van der Waals surface area (Å²) in [6, 6.07) is 0.915. The number of hydrogen-bond acceptors (Lipinski definition) is 3. The fourth-order valence-corrected chi connectivity index (χ4v) is 2.54. The topological polar surface area (TPSA) is 44.8 Å². The van der Waals surface area contributed by atoms with Crippen molar-refractivity contribution >= 4 is 6.03 Å². The number of urea groups is 1. The predicted molar refractivity (Wildman–Crippen MR) is 70.7 cm³/mol. The van der Waals surface area contributed by atoms with Crippen LogP contribution in [0, 0.1) is 0 Å². The summed E-state index contributed by atoms with van der Waals surface area (Å²) in [5.41, 5.74) is 0. The van der Waals surface area contributed by atoms with Gasteiger partial charge in [0, 0.05) is 38.8 Å². The number of nitrogens with zero attached hydrogens (tertiary/aromatic N) is 2. The van der Waals surface area contributed by atoms with Gasteiger partial charge in [0.25, 0.3) is 0 Å². The van der Waals surface area contributed by atoms with E-state index in [-0.39, 0.29) is 12.1 Å². The highest BCUT2D eigenvalue weighted by atomic mass is 16.5. The smallest absolute Gasteiger partial charge is 0.317 e. The Balaban J connectivity index is 1.73. The van der Waals surface area contributed by atoms with Crippen LogP contribution < -0.4 is 5.32 Å². The second-order valence-electron chi connectivity index (χ2n) is 5.29. The number of carbonyl (C=O) groups is 1. The highest BCUT2D eigenvalue weighted by Crippen LogP contribution is 2.10. The molecule has 0 spiro atoms. The van der Waals surface area contributed by atoms with E-state index < -0.39 is 0 Å². The summed E-state index contributed by atoms with van der Waals surface area (Å²) in [6.45, 7) is 9.56. The molecule has 2 unspecified atom stereocenters. The zero-order valence-corrected chi connectivity index (χ0v) is 11.5. The highest BCUT2D eigenvalue weighted by molar-refractivity contribution is 5.74. The Morgan fingerprint density at radius 1 is 1.39 bits per heavy atom. The molecule has 0 bridgehead atoms. The molecule has 2 amide bonds. The van der Waals surface area contributed by atoms with Crippen LogP contribution in [0.25, 0.3) is 0 Å². The lowest BCUT2D eigenvalue weighted by atomic mass is 10.2. The molecule has 0 aliphatic carbocycles. The molecule has 2 aliphatic rings. The van der Waals surface area contributed by atoms with Gasteiger partial charge in [-0.1, -0.05) is 6.92 Å². The Morgan fingerprint density at radius 3 is 2.67 bits per heavy atom. The molecule has 2 heterocycles. The maximum atomic E-state index is 12.0. The van der Waals surface area contributed by atoms with Crippen molar-refractivity contribution in [3.8, 4) is 0 Å². The van der Waals surface area contributed by atoms with Gasteiger partial charge in [-0.25, -0.2) is 4.79 Å². The number of carbonyl (C=O) groups excluding carboxylic acids is 1. The van der Waals surface area contributed by atoms with Crippen molar-refractivity contribution < 1.29 is 9.53 Å². The molecule has 1 N–H and O–H groups in total. The van der Waals surface area contributed by atoms with Crippen LogP contribution in [0.5, 0.6) is 0 Å². The molecule has 0 aromatic heterocycles. The van der Waals surface area contributed by atoms with Gasteiger partial charge in [0.2, 0.25) is 0 Å². The summed E-state index contributed by atoms with van der Waals surface area (Å²) in [5.74, 6) is 0. The molecule has 2 aliphatic heterocycles. The fraction of sp³-hybridized carbons (Fsp3) is 0.923. The number of nitrogens with one attached hydrogen (secondary N) is 1. The molecule has 0 radical (unpaired) electrons. The first-order chi connectivity index (χ1) is 8.70. The van der Waals surface area contributed by atoms with Crippen molar-refractivity contribution in [3.63, 3.8) is 0 Å². The Labute approximate surface area is 109 Å². The number of piperazine rings is 1. The molecule has 18 heavy (non-hydrogen) atoms. The largest absolute Gasteiger partial charge is 0.379 e. The van der Waals surface area contributed by atoms with Gasteiger partial charge >= 0.3 is 6.03 Å². The SMILES string of the molecule is CCC(C)N1CCN(C(=O)NC2CCOC2)CC1. The molecule has 0 aromatic rings. The van der Waals surface area contributed by atoms with Crippen molar-refractivity contribution in [2.45, 2.75) is 38.8 Å². The molecule has 5 nitrogen and oxygen atoms in total. The molecule has 104 valence electrons. The van der Waals surface area contributed by atoms with Crippen LogP contribution in [-0.2, 0) is 4.74 Å². The first-order valence-corrected chi connectivity index (χ1v) is 7.08. The standard InChI is InChI=1S/C13H25N3O2/c1-3-11(2)15-5-7-16(8-6-15)13(17)14-12-4-9-18-10-12/h11-12H,3-10H2,1-2H3,(H,14,17). The third-order valence-corrected chi connectivity index (χ3v) is 4.07. The third kappa shape index (κ3) is 3.36. The van der Waals surface area contributed by atoms with E-state index in [1.54, 1.807) is 0 Å². The fourth-order valence-electron chi connectivity index (χ4n) is 2.54. The van der Waals surface area contributed by atoms with Crippen LogP contribution in [0.4, 0.5) is 4.79 Å². The molecule has 2 rings (SSSR count). The maximum Gasteiger partial charge on any atom is 0.317 e. The Hall–Kier alpha value is -0.810. The van der Waals surface area contributed by atoms with Gasteiger partial charge in [0.15, 0.2) is 0 Å². The van der Waals surface area contributed by atoms with Crippen LogP contribution in [0.1, 0.15) is 26.7 Å². The molecule has 2 atom stereocenters. The Kier molecular flexibility index (Phi) is 4.83. The molecular weight excluding hydrogens is 230 g/mol. The van der Waals surface area contributed by atoms with Crippen LogP contribution in [0.15, 0.2) is 0 Å². The van der Waals surface area contributed by atoms with Gasteiger partial charge < -0.3 is 15.0 Å². The number of rotatable bonds is 3. The van der Waals surface area contributed by atoms with Crippen molar-refractivity contribution in [2.75, 3.05) is 39.4 Å². The lowest BCUT2D eigenvalue weighted by Crippen LogP contribution is -2.55. The summed E-state index contributed by atoms with van der Waals surface area (Å²) >= 11 is 0. The monoisotopic (exact) mass is 255 g/mol. The van der Waals surface area contributed by atoms with Crippen molar-refractivity contribution in [1.29, 1.82) is 0 Å². The van der Waals surface area contributed by atoms with Crippen LogP contribution in [0.2, 0.25) is 0 Å².